The molecule has 4 heteroatoms. The van der Waals surface area contributed by atoms with Crippen molar-refractivity contribution >= 4 is 16.3 Å². The van der Waals surface area contributed by atoms with Crippen LogP contribution in [-0.2, 0) is 0 Å². The Kier molecular flexibility index (Phi) is 9.14. The third kappa shape index (κ3) is 6.86. The maximum absolute atomic E-state index is 5.38. The quantitative estimate of drug-likeness (QED) is 0.154. The minimum atomic E-state index is 0.708. The minimum Gasteiger partial charge on any atom is -0.231 e. The summed E-state index contributed by atoms with van der Waals surface area (Å²) in [7, 11) is 0. The Hall–Kier alpha value is -8.21. The van der Waals surface area contributed by atoms with Crippen LogP contribution in [0.2, 0.25) is 0 Å². The van der Waals surface area contributed by atoms with Crippen molar-refractivity contribution in [1.82, 2.24) is 19.6 Å². The van der Waals surface area contributed by atoms with Crippen molar-refractivity contribution in [3.05, 3.63) is 231 Å². The number of benzene rings is 8. The van der Waals surface area contributed by atoms with Gasteiger partial charge in [0.05, 0.1) is 22.6 Å². The molecule has 0 N–H and O–H groups in total. The standard InChI is InChI=1S/C57H38N4/c1-6-17-41(18-7-1)51-38-52(59-57(58-51)45-25-14-5-15-26-45)48-28-16-27-46(35-48)39-29-31-40(32-30-39)47-33-34-50-49(36-47)37-53(42-19-8-2-9-20-42)61-56(50)54(43-21-10-3-11-22-43)55(60-61)44-23-12-4-13-24-44/h1-38H. The summed E-state index contributed by atoms with van der Waals surface area (Å²) >= 11 is 0. The predicted molar refractivity (Wildman–Crippen MR) is 252 cm³/mol. The van der Waals surface area contributed by atoms with Crippen LogP contribution in [0.25, 0.3) is 106 Å². The third-order valence-electron chi connectivity index (χ3n) is 11.4. The first-order valence-electron chi connectivity index (χ1n) is 20.6. The molecule has 0 fully saturated rings. The highest BCUT2D eigenvalue weighted by molar-refractivity contribution is 6.09. The fraction of sp³-hybridized carbons (Fsp3) is 0. The SMILES string of the molecule is c1ccc(-c2cc(-c3cccc(-c4ccc(-c5ccc6c(c5)cc(-c5ccccc5)n5nc(-c7ccccc7)c(-c7ccccc7)c65)cc4)c3)nc(-c3ccccc3)n2)cc1. The number of pyridine rings is 1. The van der Waals surface area contributed by atoms with Crippen molar-refractivity contribution < 1.29 is 0 Å². The third-order valence-corrected chi connectivity index (χ3v) is 11.4. The second-order valence-electron chi connectivity index (χ2n) is 15.3. The van der Waals surface area contributed by atoms with Crippen LogP contribution in [0.1, 0.15) is 0 Å². The number of hydrogen-bond donors (Lipinski definition) is 0. The molecule has 0 aliphatic carbocycles. The van der Waals surface area contributed by atoms with Crippen LogP contribution in [0.5, 0.6) is 0 Å². The molecule has 11 aromatic rings. The van der Waals surface area contributed by atoms with Crippen LogP contribution in [0.4, 0.5) is 0 Å². The molecule has 0 atom stereocenters. The van der Waals surface area contributed by atoms with E-state index in [-0.39, 0.29) is 0 Å². The van der Waals surface area contributed by atoms with Crippen LogP contribution in [0, 0.1) is 0 Å². The fourth-order valence-corrected chi connectivity index (χ4v) is 8.40. The van der Waals surface area contributed by atoms with Gasteiger partial charge in [-0.3, -0.25) is 0 Å². The van der Waals surface area contributed by atoms with Gasteiger partial charge in [-0.15, -0.1) is 0 Å². The largest absolute Gasteiger partial charge is 0.231 e. The molecular weight excluding hydrogens is 741 g/mol. The predicted octanol–water partition coefficient (Wildman–Crippen LogP) is 14.6. The molecular formula is C57H38N4. The second kappa shape index (κ2) is 15.5. The molecule has 0 unspecified atom stereocenters. The van der Waals surface area contributed by atoms with Crippen molar-refractivity contribution in [2.24, 2.45) is 0 Å². The van der Waals surface area contributed by atoms with Crippen LogP contribution < -0.4 is 0 Å². The maximum Gasteiger partial charge on any atom is 0.160 e. The molecule has 61 heavy (non-hydrogen) atoms. The summed E-state index contributed by atoms with van der Waals surface area (Å²) in [6.07, 6.45) is 0. The Morgan fingerprint density at radius 2 is 0.787 bits per heavy atom. The molecule has 11 rings (SSSR count). The summed E-state index contributed by atoms with van der Waals surface area (Å²) in [5, 5.41) is 7.69. The summed E-state index contributed by atoms with van der Waals surface area (Å²) in [4.78, 5) is 10.1. The lowest BCUT2D eigenvalue weighted by molar-refractivity contribution is 0.979. The topological polar surface area (TPSA) is 43.1 Å². The Morgan fingerprint density at radius 3 is 1.41 bits per heavy atom. The van der Waals surface area contributed by atoms with E-state index in [1.807, 2.05) is 36.4 Å². The Balaban J connectivity index is 0.996. The molecule has 0 aliphatic rings. The van der Waals surface area contributed by atoms with Crippen LogP contribution >= 0.6 is 0 Å². The van der Waals surface area contributed by atoms with Crippen LogP contribution in [0.15, 0.2) is 231 Å². The maximum atomic E-state index is 5.38. The first-order chi connectivity index (χ1) is 30.2. The first kappa shape index (κ1) is 35.9. The highest BCUT2D eigenvalue weighted by Gasteiger charge is 2.22. The lowest BCUT2D eigenvalue weighted by Crippen LogP contribution is -1.96. The van der Waals surface area contributed by atoms with Crippen LogP contribution in [-0.4, -0.2) is 19.6 Å². The molecule has 0 saturated carbocycles. The van der Waals surface area contributed by atoms with E-state index in [1.54, 1.807) is 0 Å². The van der Waals surface area contributed by atoms with Crippen molar-refractivity contribution in [1.29, 1.82) is 0 Å². The lowest BCUT2D eigenvalue weighted by atomic mass is 9.94. The molecule has 0 aliphatic heterocycles. The van der Waals surface area contributed by atoms with E-state index in [9.17, 15) is 0 Å². The van der Waals surface area contributed by atoms with Crippen molar-refractivity contribution in [3.8, 4) is 89.8 Å². The van der Waals surface area contributed by atoms with Crippen molar-refractivity contribution in [2.75, 3.05) is 0 Å². The Labute approximate surface area is 354 Å². The number of nitrogens with zero attached hydrogens (tertiary/aromatic N) is 4. The van der Waals surface area contributed by atoms with E-state index in [0.29, 0.717) is 5.82 Å². The van der Waals surface area contributed by atoms with Gasteiger partial charge < -0.3 is 0 Å². The number of aromatic nitrogens is 4. The summed E-state index contributed by atoms with van der Waals surface area (Å²) in [5.74, 6) is 0.708. The van der Waals surface area contributed by atoms with Gasteiger partial charge in [0.2, 0.25) is 0 Å². The molecule has 0 spiro atoms. The zero-order valence-corrected chi connectivity index (χ0v) is 33.2. The highest BCUT2D eigenvalue weighted by atomic mass is 15.2. The minimum absolute atomic E-state index is 0.708. The van der Waals surface area contributed by atoms with Gasteiger partial charge in [0, 0.05) is 38.8 Å². The molecule has 4 nitrogen and oxygen atoms in total. The molecule has 0 saturated heterocycles. The van der Waals surface area contributed by atoms with Gasteiger partial charge in [-0.25, -0.2) is 14.5 Å². The lowest BCUT2D eigenvalue weighted by Gasteiger charge is -2.13. The van der Waals surface area contributed by atoms with E-state index >= 15 is 0 Å². The Morgan fingerprint density at radius 1 is 0.311 bits per heavy atom. The van der Waals surface area contributed by atoms with E-state index in [0.717, 1.165) is 100 Å². The van der Waals surface area contributed by atoms with E-state index in [2.05, 4.69) is 199 Å². The van der Waals surface area contributed by atoms with Gasteiger partial charge in [0.25, 0.3) is 0 Å². The summed E-state index contributed by atoms with van der Waals surface area (Å²) in [6, 6.07) is 81.0. The van der Waals surface area contributed by atoms with Crippen molar-refractivity contribution in [3.63, 3.8) is 0 Å². The molecule has 286 valence electrons. The zero-order valence-electron chi connectivity index (χ0n) is 33.2. The molecule has 3 heterocycles. The normalized spacial score (nSPS) is 11.3. The molecule has 0 bridgehead atoms. The number of rotatable bonds is 8. The fourth-order valence-electron chi connectivity index (χ4n) is 8.40. The molecule has 0 radical (unpaired) electrons. The van der Waals surface area contributed by atoms with Crippen LogP contribution in [0.3, 0.4) is 0 Å². The first-order valence-corrected chi connectivity index (χ1v) is 20.6. The van der Waals surface area contributed by atoms with Gasteiger partial charge in [-0.05, 0) is 57.5 Å². The van der Waals surface area contributed by atoms with Gasteiger partial charge in [-0.1, -0.05) is 206 Å². The zero-order chi connectivity index (χ0) is 40.5. The van der Waals surface area contributed by atoms with Gasteiger partial charge >= 0.3 is 0 Å². The van der Waals surface area contributed by atoms with Gasteiger partial charge in [0.15, 0.2) is 5.82 Å². The molecule has 0 amide bonds. The summed E-state index contributed by atoms with van der Waals surface area (Å²) in [5.41, 5.74) is 17.0. The molecule has 8 aromatic carbocycles. The highest BCUT2D eigenvalue weighted by Crippen LogP contribution is 2.42. The monoisotopic (exact) mass is 778 g/mol. The average Bonchev–Trinajstić information content (AvgIpc) is 3.76. The second-order valence-corrected chi connectivity index (χ2v) is 15.3. The van der Waals surface area contributed by atoms with E-state index in [4.69, 9.17) is 15.1 Å². The van der Waals surface area contributed by atoms with Gasteiger partial charge in [-0.2, -0.15) is 5.10 Å². The number of fused-ring (bicyclic) bond motifs is 3. The van der Waals surface area contributed by atoms with Crippen molar-refractivity contribution in [2.45, 2.75) is 0 Å². The van der Waals surface area contributed by atoms with E-state index < -0.39 is 0 Å². The van der Waals surface area contributed by atoms with E-state index in [1.165, 1.54) is 0 Å². The average molecular weight is 779 g/mol. The Bertz CT molecular complexity index is 3250. The number of hydrogen-bond acceptors (Lipinski definition) is 3. The summed E-state index contributed by atoms with van der Waals surface area (Å²) < 4.78 is 2.15. The summed E-state index contributed by atoms with van der Waals surface area (Å²) in [6.45, 7) is 0. The van der Waals surface area contributed by atoms with Gasteiger partial charge in [0.1, 0.15) is 5.69 Å². The molecule has 3 aromatic heterocycles. The smallest absolute Gasteiger partial charge is 0.160 e.